The number of rotatable bonds is 53. The Morgan fingerprint density at radius 3 is 1.24 bits per heavy atom. The fourth-order valence-corrected chi connectivity index (χ4v) is 8.47. The van der Waals surface area contributed by atoms with E-state index in [1.54, 1.807) is 0 Å². The first kappa shape index (κ1) is 65.7. The van der Waals surface area contributed by atoms with Crippen molar-refractivity contribution in [2.45, 2.75) is 251 Å². The molecular weight excluding hydrogens is 866 g/mol. The second-order valence-electron chi connectivity index (χ2n) is 18.4. The zero-order valence-electron chi connectivity index (χ0n) is 44.1. The summed E-state index contributed by atoms with van der Waals surface area (Å²) in [6.07, 6.45) is 73.4. The largest absolute Gasteiger partial charge is 0.472 e. The lowest BCUT2D eigenvalue weighted by molar-refractivity contribution is -0.154. The molecule has 68 heavy (non-hydrogen) atoms. The van der Waals surface area contributed by atoms with Crippen LogP contribution in [0.1, 0.15) is 245 Å². The van der Waals surface area contributed by atoms with E-state index in [9.17, 15) is 14.3 Å². The number of allylic oxidation sites excluding steroid dienone is 14. The van der Waals surface area contributed by atoms with Crippen molar-refractivity contribution in [3.05, 3.63) is 85.1 Å². The fourth-order valence-electron chi connectivity index (χ4n) is 7.70. The minimum absolute atomic E-state index is 0.0957. The second kappa shape index (κ2) is 55.6. The van der Waals surface area contributed by atoms with Gasteiger partial charge in [-0.05, 0) is 89.9 Å². The number of phosphoric ester groups is 1. The van der Waals surface area contributed by atoms with E-state index in [2.05, 4.69) is 98.9 Å². The maximum Gasteiger partial charge on any atom is 0.472 e. The van der Waals surface area contributed by atoms with Crippen molar-refractivity contribution in [3.63, 3.8) is 0 Å². The molecule has 394 valence electrons. The van der Waals surface area contributed by atoms with E-state index in [1.165, 1.54) is 154 Å². The van der Waals surface area contributed by atoms with Gasteiger partial charge in [-0.2, -0.15) is 0 Å². The predicted octanol–water partition coefficient (Wildman–Crippen LogP) is 18.0. The number of hydrogen-bond donors (Lipinski definition) is 2. The Morgan fingerprint density at radius 1 is 0.456 bits per heavy atom. The number of carbonyl (C=O) groups excluding carboxylic acids is 1. The maximum atomic E-state index is 12.7. The number of phosphoric acid groups is 1. The van der Waals surface area contributed by atoms with E-state index in [4.69, 9.17) is 24.3 Å². The Kier molecular flexibility index (Phi) is 53.7. The summed E-state index contributed by atoms with van der Waals surface area (Å²) in [7, 11) is -4.29. The van der Waals surface area contributed by atoms with Crippen LogP contribution in [0.15, 0.2) is 85.1 Å². The normalized spacial score (nSPS) is 13.9. The minimum Gasteiger partial charge on any atom is -0.457 e. The second-order valence-corrected chi connectivity index (χ2v) is 19.9. The number of carbonyl (C=O) groups is 1. The summed E-state index contributed by atoms with van der Waals surface area (Å²) in [6.45, 7) is 4.80. The van der Waals surface area contributed by atoms with E-state index in [0.717, 1.165) is 70.6 Å². The van der Waals surface area contributed by atoms with Gasteiger partial charge >= 0.3 is 13.8 Å². The maximum absolute atomic E-state index is 12.7. The molecule has 0 radical (unpaired) electrons. The molecule has 0 amide bonds. The third-order valence-corrected chi connectivity index (χ3v) is 12.8. The van der Waals surface area contributed by atoms with E-state index in [1.807, 2.05) is 0 Å². The highest BCUT2D eigenvalue weighted by Gasteiger charge is 2.25. The molecule has 2 unspecified atom stereocenters. The molecule has 0 aromatic rings. The molecule has 0 saturated carbocycles. The first-order valence-electron chi connectivity index (χ1n) is 28.1. The summed E-state index contributed by atoms with van der Waals surface area (Å²) < 4.78 is 33.7. The molecule has 8 nitrogen and oxygen atoms in total. The van der Waals surface area contributed by atoms with Crippen LogP contribution in [0.3, 0.4) is 0 Å². The Morgan fingerprint density at radius 2 is 0.824 bits per heavy atom. The van der Waals surface area contributed by atoms with Gasteiger partial charge in [0.25, 0.3) is 0 Å². The molecule has 0 aliphatic carbocycles. The van der Waals surface area contributed by atoms with Crippen LogP contribution in [0.5, 0.6) is 0 Å². The van der Waals surface area contributed by atoms with Crippen molar-refractivity contribution < 1.29 is 32.8 Å². The first-order chi connectivity index (χ1) is 33.4. The monoisotopic (exact) mass is 972 g/mol. The van der Waals surface area contributed by atoms with Crippen molar-refractivity contribution >= 4 is 13.8 Å². The lowest BCUT2D eigenvalue weighted by atomic mass is 10.0. The van der Waals surface area contributed by atoms with Crippen LogP contribution in [0.25, 0.3) is 0 Å². The molecule has 0 fully saturated rings. The van der Waals surface area contributed by atoms with Gasteiger partial charge in [0, 0.05) is 19.6 Å². The summed E-state index contributed by atoms with van der Waals surface area (Å²) in [5, 5.41) is 0. The van der Waals surface area contributed by atoms with E-state index in [0.29, 0.717) is 13.0 Å². The number of unbranched alkanes of at least 4 members (excludes halogenated alkanes) is 26. The molecule has 0 spiro atoms. The summed E-state index contributed by atoms with van der Waals surface area (Å²) >= 11 is 0. The van der Waals surface area contributed by atoms with Crippen LogP contribution in [0.2, 0.25) is 0 Å². The average Bonchev–Trinajstić information content (AvgIpc) is 3.33. The molecule has 0 rings (SSSR count). The van der Waals surface area contributed by atoms with Gasteiger partial charge in [-0.3, -0.25) is 13.8 Å². The molecule has 0 bridgehead atoms. The van der Waals surface area contributed by atoms with Crippen LogP contribution in [0, 0.1) is 0 Å². The van der Waals surface area contributed by atoms with Crippen molar-refractivity contribution in [3.8, 4) is 0 Å². The summed E-state index contributed by atoms with van der Waals surface area (Å²) in [6, 6.07) is 0. The summed E-state index contributed by atoms with van der Waals surface area (Å²) in [4.78, 5) is 22.7. The van der Waals surface area contributed by atoms with Gasteiger partial charge in [0.1, 0.15) is 6.10 Å². The SMILES string of the molecule is CC/C=C\C/C=C\C/C=C\C/C=C\CCCCCCCCCCCCCOCC(COP(=O)(O)OCCN)OC(=O)CCCCCCCCCCCC/C=C\C/C=C\C/C=C\CCCCCCC. The highest BCUT2D eigenvalue weighted by atomic mass is 31.2. The van der Waals surface area contributed by atoms with Crippen LogP contribution < -0.4 is 5.73 Å². The number of ether oxygens (including phenoxy) is 2. The highest BCUT2D eigenvalue weighted by Crippen LogP contribution is 2.43. The van der Waals surface area contributed by atoms with Gasteiger partial charge in [-0.1, -0.05) is 234 Å². The topological polar surface area (TPSA) is 117 Å². The highest BCUT2D eigenvalue weighted by molar-refractivity contribution is 7.47. The Hall–Kier alpha value is -2.32. The molecule has 9 heteroatoms. The summed E-state index contributed by atoms with van der Waals surface area (Å²) in [5.74, 6) is -0.336. The van der Waals surface area contributed by atoms with Gasteiger partial charge in [0.2, 0.25) is 0 Å². The number of hydrogen-bond acceptors (Lipinski definition) is 7. The molecule has 0 aromatic carbocycles. The molecule has 0 aliphatic heterocycles. The van der Waals surface area contributed by atoms with E-state index in [-0.39, 0.29) is 32.3 Å². The average molecular weight is 972 g/mol. The van der Waals surface area contributed by atoms with Gasteiger partial charge < -0.3 is 20.1 Å². The lowest BCUT2D eigenvalue weighted by Crippen LogP contribution is -2.28. The van der Waals surface area contributed by atoms with Crippen LogP contribution in [-0.4, -0.2) is 49.9 Å². The minimum atomic E-state index is -4.29. The molecular formula is C59H106NO7P. The summed E-state index contributed by atoms with van der Waals surface area (Å²) in [5.41, 5.74) is 5.40. The molecule has 0 aliphatic rings. The van der Waals surface area contributed by atoms with Gasteiger partial charge in [0.15, 0.2) is 0 Å². The van der Waals surface area contributed by atoms with Gasteiger partial charge in [0.05, 0.1) is 19.8 Å². The van der Waals surface area contributed by atoms with Crippen LogP contribution in [-0.2, 0) is 27.9 Å². The number of nitrogens with two attached hydrogens (primary N) is 1. The number of esters is 1. The smallest absolute Gasteiger partial charge is 0.457 e. The van der Waals surface area contributed by atoms with E-state index >= 15 is 0 Å². The zero-order chi connectivity index (χ0) is 49.4. The Bertz CT molecular complexity index is 1320. The molecule has 0 heterocycles. The molecule has 0 saturated heterocycles. The lowest BCUT2D eigenvalue weighted by Gasteiger charge is -2.20. The van der Waals surface area contributed by atoms with Crippen molar-refractivity contribution in [1.29, 1.82) is 0 Å². The first-order valence-corrected chi connectivity index (χ1v) is 29.6. The third kappa shape index (κ3) is 54.6. The zero-order valence-corrected chi connectivity index (χ0v) is 45.0. The van der Waals surface area contributed by atoms with Crippen LogP contribution in [0.4, 0.5) is 0 Å². The predicted molar refractivity (Wildman–Crippen MR) is 293 cm³/mol. The Labute approximate surface area is 419 Å². The molecule has 0 aromatic heterocycles. The quantitative estimate of drug-likeness (QED) is 0.0268. The Balaban J connectivity index is 3.93. The van der Waals surface area contributed by atoms with Crippen molar-refractivity contribution in [1.82, 2.24) is 0 Å². The standard InChI is InChI=1S/C59H106NO7P/c1-3-5-7-9-11-13-15-17-19-21-23-25-27-29-30-32-34-36-38-40-42-44-46-48-50-52-59(61)67-58(57-66-68(62,63)65-55-53-60)56-64-54-51-49-47-45-43-41-39-37-35-33-31-28-26-24-22-20-18-16-14-12-10-8-6-4-2/h6,8,12,14-15,17-18,20-21,23-24,26-27,29,58H,3-5,7,9-11,13,16,19,22,25,28,30-57,60H2,1-2H3,(H,62,63)/b8-6-,14-12-,17-15-,20-18-,23-21-,26-24-,29-27-. The molecule has 2 atom stereocenters. The van der Waals surface area contributed by atoms with Crippen LogP contribution >= 0.6 is 7.82 Å². The third-order valence-electron chi connectivity index (χ3n) is 11.8. The van der Waals surface area contributed by atoms with Gasteiger partial charge in [-0.25, -0.2) is 4.57 Å². The van der Waals surface area contributed by atoms with Crippen molar-refractivity contribution in [2.75, 3.05) is 33.0 Å². The molecule has 3 N–H and O–H groups in total. The van der Waals surface area contributed by atoms with Crippen molar-refractivity contribution in [2.24, 2.45) is 5.73 Å². The fraction of sp³-hybridized carbons (Fsp3) is 0.746. The van der Waals surface area contributed by atoms with E-state index < -0.39 is 13.9 Å². The van der Waals surface area contributed by atoms with Gasteiger partial charge in [-0.15, -0.1) is 0 Å².